The van der Waals surface area contributed by atoms with Crippen molar-refractivity contribution >= 4 is 5.91 Å². The van der Waals surface area contributed by atoms with Crippen LogP contribution < -0.4 is 5.73 Å². The SMILES string of the molecule is NC1CCN(C(=O)Cc2nc(-c3ccncc3)n[nH]2)C1. The maximum Gasteiger partial charge on any atom is 0.230 e. The zero-order chi connectivity index (χ0) is 13.9. The number of nitrogens with two attached hydrogens (primary N) is 1. The molecular formula is C13H16N6O. The minimum atomic E-state index is 0.0374. The molecule has 1 fully saturated rings. The summed E-state index contributed by atoms with van der Waals surface area (Å²) in [6.45, 7) is 1.36. The molecule has 2 aromatic rings. The van der Waals surface area contributed by atoms with Gasteiger partial charge in [0, 0.05) is 37.1 Å². The van der Waals surface area contributed by atoms with Gasteiger partial charge in [0.15, 0.2) is 5.82 Å². The van der Waals surface area contributed by atoms with E-state index < -0.39 is 0 Å². The van der Waals surface area contributed by atoms with Crippen LogP contribution in [0.4, 0.5) is 0 Å². The van der Waals surface area contributed by atoms with Crippen molar-refractivity contribution in [2.75, 3.05) is 13.1 Å². The lowest BCUT2D eigenvalue weighted by molar-refractivity contribution is -0.129. The highest BCUT2D eigenvalue weighted by Gasteiger charge is 2.24. The number of aromatic amines is 1. The van der Waals surface area contributed by atoms with E-state index in [2.05, 4.69) is 20.2 Å². The predicted molar refractivity (Wildman–Crippen MR) is 72.5 cm³/mol. The average molecular weight is 272 g/mol. The number of nitrogens with one attached hydrogen (secondary N) is 1. The number of amides is 1. The molecule has 0 spiro atoms. The fraction of sp³-hybridized carbons (Fsp3) is 0.385. The molecule has 2 aromatic heterocycles. The molecule has 104 valence electrons. The zero-order valence-corrected chi connectivity index (χ0v) is 11.0. The third kappa shape index (κ3) is 2.67. The highest BCUT2D eigenvalue weighted by molar-refractivity contribution is 5.78. The van der Waals surface area contributed by atoms with Gasteiger partial charge >= 0.3 is 0 Å². The van der Waals surface area contributed by atoms with Crippen LogP contribution in [-0.4, -0.2) is 50.1 Å². The first kappa shape index (κ1) is 12.7. The number of carbonyl (C=O) groups is 1. The lowest BCUT2D eigenvalue weighted by Gasteiger charge is -2.14. The number of nitrogens with zero attached hydrogens (tertiary/aromatic N) is 4. The van der Waals surface area contributed by atoms with Gasteiger partial charge in [0.05, 0.1) is 6.42 Å². The van der Waals surface area contributed by atoms with Crippen LogP contribution in [0.5, 0.6) is 0 Å². The summed E-state index contributed by atoms with van der Waals surface area (Å²) < 4.78 is 0. The van der Waals surface area contributed by atoms with Crippen LogP contribution in [0.1, 0.15) is 12.2 Å². The number of pyridine rings is 1. The van der Waals surface area contributed by atoms with Gasteiger partial charge in [-0.25, -0.2) is 4.98 Å². The largest absolute Gasteiger partial charge is 0.341 e. The van der Waals surface area contributed by atoms with Crippen LogP contribution in [0.25, 0.3) is 11.4 Å². The van der Waals surface area contributed by atoms with Crippen LogP contribution in [0.3, 0.4) is 0 Å². The molecule has 1 aliphatic heterocycles. The van der Waals surface area contributed by atoms with Gasteiger partial charge in [-0.1, -0.05) is 0 Å². The van der Waals surface area contributed by atoms with E-state index in [0.29, 0.717) is 18.2 Å². The fourth-order valence-electron chi connectivity index (χ4n) is 2.27. The van der Waals surface area contributed by atoms with Crippen LogP contribution in [0, 0.1) is 0 Å². The molecule has 0 aliphatic carbocycles. The summed E-state index contributed by atoms with van der Waals surface area (Å²) in [6, 6.07) is 3.75. The van der Waals surface area contributed by atoms with Gasteiger partial charge in [0.2, 0.25) is 5.91 Å². The number of hydrogen-bond donors (Lipinski definition) is 2. The van der Waals surface area contributed by atoms with E-state index in [1.807, 2.05) is 12.1 Å². The minimum absolute atomic E-state index is 0.0374. The molecule has 0 aromatic carbocycles. The Morgan fingerprint density at radius 1 is 1.45 bits per heavy atom. The standard InChI is InChI=1S/C13H16N6O/c14-10-3-6-19(8-10)12(20)7-11-16-13(18-17-11)9-1-4-15-5-2-9/h1-2,4-5,10H,3,6-8,14H2,(H,16,17,18). The Balaban J connectivity index is 1.67. The third-order valence-corrected chi connectivity index (χ3v) is 3.37. The van der Waals surface area contributed by atoms with Gasteiger partial charge in [-0.15, -0.1) is 0 Å². The molecule has 3 N–H and O–H groups in total. The van der Waals surface area contributed by atoms with Crippen LogP contribution in [0.2, 0.25) is 0 Å². The maximum absolute atomic E-state index is 12.1. The first-order valence-electron chi connectivity index (χ1n) is 6.57. The van der Waals surface area contributed by atoms with Gasteiger partial charge in [-0.3, -0.25) is 14.9 Å². The van der Waals surface area contributed by atoms with Crippen LogP contribution in [0.15, 0.2) is 24.5 Å². The molecule has 0 saturated carbocycles. The molecule has 1 atom stereocenters. The molecule has 3 heterocycles. The van der Waals surface area contributed by atoms with E-state index in [4.69, 9.17) is 5.73 Å². The Morgan fingerprint density at radius 2 is 2.25 bits per heavy atom. The Labute approximate surface area is 116 Å². The van der Waals surface area contributed by atoms with Gasteiger partial charge < -0.3 is 10.6 Å². The Morgan fingerprint density at radius 3 is 2.95 bits per heavy atom. The van der Waals surface area contributed by atoms with Crippen LogP contribution in [-0.2, 0) is 11.2 Å². The second-order valence-electron chi connectivity index (χ2n) is 4.91. The molecule has 7 heteroatoms. The van der Waals surface area contributed by atoms with Crippen molar-refractivity contribution in [1.29, 1.82) is 0 Å². The summed E-state index contributed by atoms with van der Waals surface area (Å²) in [4.78, 5) is 22.1. The van der Waals surface area contributed by atoms with Crippen molar-refractivity contribution in [2.24, 2.45) is 5.73 Å². The van der Waals surface area contributed by atoms with Gasteiger partial charge in [0.25, 0.3) is 0 Å². The first-order valence-corrected chi connectivity index (χ1v) is 6.57. The van der Waals surface area contributed by atoms with Crippen molar-refractivity contribution < 1.29 is 4.79 Å². The molecule has 3 rings (SSSR count). The van der Waals surface area contributed by atoms with Gasteiger partial charge in [-0.05, 0) is 18.6 Å². The molecule has 1 aliphatic rings. The Bertz CT molecular complexity index is 596. The first-order chi connectivity index (χ1) is 9.72. The van der Waals surface area contributed by atoms with E-state index >= 15 is 0 Å². The summed E-state index contributed by atoms with van der Waals surface area (Å²) in [5.74, 6) is 1.19. The summed E-state index contributed by atoms with van der Waals surface area (Å²) in [7, 11) is 0. The molecule has 20 heavy (non-hydrogen) atoms. The van der Waals surface area contributed by atoms with E-state index in [1.54, 1.807) is 17.3 Å². The molecule has 7 nitrogen and oxygen atoms in total. The molecule has 0 radical (unpaired) electrons. The van der Waals surface area contributed by atoms with Crippen molar-refractivity contribution in [1.82, 2.24) is 25.1 Å². The molecule has 1 amide bonds. The molecular weight excluding hydrogens is 256 g/mol. The highest BCUT2D eigenvalue weighted by Crippen LogP contribution is 2.14. The molecule has 1 saturated heterocycles. The van der Waals surface area contributed by atoms with Crippen molar-refractivity contribution in [3.63, 3.8) is 0 Å². The number of rotatable bonds is 3. The highest BCUT2D eigenvalue weighted by atomic mass is 16.2. The third-order valence-electron chi connectivity index (χ3n) is 3.37. The number of carbonyl (C=O) groups excluding carboxylic acids is 1. The number of H-pyrrole nitrogens is 1. The minimum Gasteiger partial charge on any atom is -0.341 e. The summed E-state index contributed by atoms with van der Waals surface area (Å²) in [5, 5.41) is 6.93. The van der Waals surface area contributed by atoms with E-state index in [9.17, 15) is 4.79 Å². The zero-order valence-electron chi connectivity index (χ0n) is 11.0. The summed E-state index contributed by atoms with van der Waals surface area (Å²) in [6.07, 6.45) is 4.46. The lowest BCUT2D eigenvalue weighted by atomic mass is 10.2. The Hall–Kier alpha value is -2.28. The fourth-order valence-corrected chi connectivity index (χ4v) is 2.27. The normalized spacial score (nSPS) is 18.4. The number of aromatic nitrogens is 4. The lowest BCUT2D eigenvalue weighted by Crippen LogP contribution is -2.33. The number of likely N-dealkylation sites (tertiary alicyclic amines) is 1. The maximum atomic E-state index is 12.1. The second-order valence-corrected chi connectivity index (χ2v) is 4.91. The smallest absolute Gasteiger partial charge is 0.230 e. The van der Waals surface area contributed by atoms with Gasteiger partial charge in [0.1, 0.15) is 5.82 Å². The van der Waals surface area contributed by atoms with Crippen molar-refractivity contribution in [3.8, 4) is 11.4 Å². The topological polar surface area (TPSA) is 101 Å². The predicted octanol–water partition coefficient (Wildman–Crippen LogP) is -0.0312. The number of hydrogen-bond acceptors (Lipinski definition) is 5. The Kier molecular flexibility index (Phi) is 3.42. The second kappa shape index (κ2) is 5.38. The van der Waals surface area contributed by atoms with Crippen molar-refractivity contribution in [2.45, 2.75) is 18.9 Å². The van der Waals surface area contributed by atoms with Crippen molar-refractivity contribution in [3.05, 3.63) is 30.4 Å². The summed E-state index contributed by atoms with van der Waals surface area (Å²) in [5.41, 5.74) is 6.67. The molecule has 0 bridgehead atoms. The molecule has 1 unspecified atom stereocenters. The quantitative estimate of drug-likeness (QED) is 0.817. The van der Waals surface area contributed by atoms with E-state index in [-0.39, 0.29) is 18.4 Å². The van der Waals surface area contributed by atoms with Gasteiger partial charge in [-0.2, -0.15) is 5.10 Å². The summed E-state index contributed by atoms with van der Waals surface area (Å²) >= 11 is 0. The van der Waals surface area contributed by atoms with Crippen LogP contribution >= 0.6 is 0 Å². The van der Waals surface area contributed by atoms with E-state index in [1.165, 1.54) is 0 Å². The van der Waals surface area contributed by atoms with E-state index in [0.717, 1.165) is 18.5 Å². The average Bonchev–Trinajstić information content (AvgIpc) is 3.09. The monoisotopic (exact) mass is 272 g/mol.